The number of carbonyl (C=O) groups is 1. The van der Waals surface area contributed by atoms with Gasteiger partial charge in [-0.05, 0) is 5.92 Å². The fourth-order valence-corrected chi connectivity index (χ4v) is 0.602. The van der Waals surface area contributed by atoms with Gasteiger partial charge < -0.3 is 15.3 Å². The molecule has 0 heterocycles. The molecule has 0 aliphatic heterocycles. The molecule has 4 nitrogen and oxygen atoms in total. The minimum atomic E-state index is -1.45. The molecular weight excluding hydrogens is 148 g/mol. The van der Waals surface area contributed by atoms with Crippen molar-refractivity contribution in [1.29, 1.82) is 0 Å². The zero-order valence-electron chi connectivity index (χ0n) is 6.69. The van der Waals surface area contributed by atoms with Gasteiger partial charge in [-0.15, -0.1) is 0 Å². The van der Waals surface area contributed by atoms with Crippen LogP contribution in [0.3, 0.4) is 0 Å². The van der Waals surface area contributed by atoms with Crippen LogP contribution in [0.15, 0.2) is 0 Å². The van der Waals surface area contributed by atoms with E-state index in [1.165, 1.54) is 0 Å². The Balaban J connectivity index is 3.75. The Labute approximate surface area is 65.5 Å². The molecule has 0 radical (unpaired) electrons. The van der Waals surface area contributed by atoms with Gasteiger partial charge >= 0.3 is 5.97 Å². The van der Waals surface area contributed by atoms with Crippen LogP contribution >= 0.6 is 0 Å². The number of aliphatic hydroxyl groups is 2. The number of carboxylic acid groups (broad SMARTS) is 1. The molecule has 2 unspecified atom stereocenters. The van der Waals surface area contributed by atoms with Gasteiger partial charge in [0.15, 0.2) is 6.10 Å². The highest BCUT2D eigenvalue weighted by molar-refractivity contribution is 5.71. The molecule has 0 amide bonds. The first-order valence-corrected chi connectivity index (χ1v) is 3.54. The van der Waals surface area contributed by atoms with Gasteiger partial charge in [0.2, 0.25) is 0 Å². The van der Waals surface area contributed by atoms with Crippen LogP contribution in [-0.4, -0.2) is 33.5 Å². The summed E-state index contributed by atoms with van der Waals surface area (Å²) in [5.74, 6) is -1.31. The Kier molecular flexibility index (Phi) is 4.07. The summed E-state index contributed by atoms with van der Waals surface area (Å²) in [5, 5.41) is 26.2. The predicted octanol–water partition coefficient (Wildman–Crippen LogP) is -0.161. The average Bonchev–Trinajstić information content (AvgIpc) is 1.87. The van der Waals surface area contributed by atoms with E-state index in [4.69, 9.17) is 15.3 Å². The maximum Gasteiger partial charge on any atom is 0.332 e. The smallest absolute Gasteiger partial charge is 0.332 e. The van der Waals surface area contributed by atoms with Gasteiger partial charge in [-0.1, -0.05) is 13.8 Å². The van der Waals surface area contributed by atoms with Crippen molar-refractivity contribution in [2.75, 3.05) is 0 Å². The van der Waals surface area contributed by atoms with Crippen LogP contribution < -0.4 is 0 Å². The first kappa shape index (κ1) is 10.4. The molecule has 2 atom stereocenters. The molecule has 0 aromatic carbocycles. The van der Waals surface area contributed by atoms with Crippen molar-refractivity contribution in [1.82, 2.24) is 0 Å². The fourth-order valence-electron chi connectivity index (χ4n) is 0.602. The van der Waals surface area contributed by atoms with Crippen LogP contribution in [0.1, 0.15) is 20.3 Å². The Morgan fingerprint density at radius 2 is 1.82 bits per heavy atom. The molecule has 3 N–H and O–H groups in total. The largest absolute Gasteiger partial charge is 0.479 e. The molecule has 0 rings (SSSR count). The number of rotatable bonds is 4. The highest BCUT2D eigenvalue weighted by Crippen LogP contribution is 2.08. The van der Waals surface area contributed by atoms with Crippen LogP contribution in [0, 0.1) is 5.92 Å². The van der Waals surface area contributed by atoms with Gasteiger partial charge in [0.1, 0.15) is 0 Å². The van der Waals surface area contributed by atoms with Crippen molar-refractivity contribution >= 4 is 5.97 Å². The third-order valence-electron chi connectivity index (χ3n) is 1.52. The predicted molar refractivity (Wildman–Crippen MR) is 39.1 cm³/mol. The Morgan fingerprint density at radius 1 is 1.36 bits per heavy atom. The second-order valence-corrected chi connectivity index (χ2v) is 2.90. The van der Waals surface area contributed by atoms with E-state index < -0.39 is 18.2 Å². The van der Waals surface area contributed by atoms with E-state index in [1.807, 2.05) is 0 Å². The minimum Gasteiger partial charge on any atom is -0.479 e. The zero-order chi connectivity index (χ0) is 9.02. The van der Waals surface area contributed by atoms with Crippen LogP contribution in [0.4, 0.5) is 0 Å². The topological polar surface area (TPSA) is 77.8 Å². The van der Waals surface area contributed by atoms with E-state index in [0.717, 1.165) is 0 Å². The Bertz CT molecular complexity index is 132. The molecule has 11 heavy (non-hydrogen) atoms. The molecule has 0 bridgehead atoms. The summed E-state index contributed by atoms with van der Waals surface area (Å²) in [6, 6.07) is 0. The molecular formula is C7H14O4. The second-order valence-electron chi connectivity index (χ2n) is 2.90. The monoisotopic (exact) mass is 162 g/mol. The van der Waals surface area contributed by atoms with Crippen LogP contribution in [0.25, 0.3) is 0 Å². The standard InChI is InChI=1S/C7H14O4/c1-4(2)5(8)3-6(9)7(10)11/h4-6,8-9H,3H2,1-2H3,(H,10,11). The quantitative estimate of drug-likeness (QED) is 0.536. The Hall–Kier alpha value is -0.610. The molecule has 0 aromatic heterocycles. The van der Waals surface area contributed by atoms with E-state index in [0.29, 0.717) is 0 Å². The number of aliphatic hydroxyl groups excluding tert-OH is 2. The van der Waals surface area contributed by atoms with Gasteiger partial charge in [-0.25, -0.2) is 4.79 Å². The van der Waals surface area contributed by atoms with Crippen molar-refractivity contribution in [3.8, 4) is 0 Å². The van der Waals surface area contributed by atoms with Crippen molar-refractivity contribution in [3.63, 3.8) is 0 Å². The minimum absolute atomic E-state index is 0.0241. The number of hydrogen-bond donors (Lipinski definition) is 3. The second kappa shape index (κ2) is 4.31. The van der Waals surface area contributed by atoms with E-state index in [9.17, 15) is 4.79 Å². The van der Waals surface area contributed by atoms with Gasteiger partial charge in [0.25, 0.3) is 0 Å². The first-order valence-electron chi connectivity index (χ1n) is 3.54. The number of hydrogen-bond acceptors (Lipinski definition) is 3. The summed E-state index contributed by atoms with van der Waals surface area (Å²) in [4.78, 5) is 10.1. The lowest BCUT2D eigenvalue weighted by molar-refractivity contribution is -0.148. The molecule has 4 heteroatoms. The van der Waals surface area contributed by atoms with Gasteiger partial charge in [0, 0.05) is 6.42 Å². The fraction of sp³-hybridized carbons (Fsp3) is 0.857. The molecule has 0 aliphatic rings. The summed E-state index contributed by atoms with van der Waals surface area (Å²) in [5.41, 5.74) is 0. The average molecular weight is 162 g/mol. The molecule has 0 spiro atoms. The highest BCUT2D eigenvalue weighted by atomic mass is 16.4. The lowest BCUT2D eigenvalue weighted by atomic mass is 10.0. The maximum absolute atomic E-state index is 10.1. The molecule has 0 aliphatic carbocycles. The number of aliphatic carboxylic acids is 1. The van der Waals surface area contributed by atoms with Crippen molar-refractivity contribution < 1.29 is 20.1 Å². The Morgan fingerprint density at radius 3 is 2.09 bits per heavy atom. The molecule has 0 aromatic rings. The maximum atomic E-state index is 10.1. The number of carboxylic acids is 1. The lowest BCUT2D eigenvalue weighted by Crippen LogP contribution is -2.28. The van der Waals surface area contributed by atoms with Crippen LogP contribution in [0.2, 0.25) is 0 Å². The SMILES string of the molecule is CC(C)C(O)CC(O)C(=O)O. The summed E-state index contributed by atoms with van der Waals surface area (Å²) in [6.45, 7) is 3.53. The molecule has 0 saturated heterocycles. The summed E-state index contributed by atoms with van der Waals surface area (Å²) < 4.78 is 0. The van der Waals surface area contributed by atoms with Crippen molar-refractivity contribution in [3.05, 3.63) is 0 Å². The summed E-state index contributed by atoms with van der Waals surface area (Å²) in [6.07, 6.45) is -2.30. The molecule has 66 valence electrons. The first-order chi connectivity index (χ1) is 4.95. The van der Waals surface area contributed by atoms with Crippen LogP contribution in [0.5, 0.6) is 0 Å². The van der Waals surface area contributed by atoms with Gasteiger partial charge in [-0.2, -0.15) is 0 Å². The van der Waals surface area contributed by atoms with Crippen LogP contribution in [-0.2, 0) is 4.79 Å². The van der Waals surface area contributed by atoms with E-state index in [2.05, 4.69) is 0 Å². The van der Waals surface area contributed by atoms with E-state index in [-0.39, 0.29) is 12.3 Å². The summed E-state index contributed by atoms with van der Waals surface area (Å²) >= 11 is 0. The highest BCUT2D eigenvalue weighted by Gasteiger charge is 2.19. The lowest BCUT2D eigenvalue weighted by Gasteiger charge is -2.15. The third kappa shape index (κ3) is 3.95. The van der Waals surface area contributed by atoms with E-state index >= 15 is 0 Å². The molecule has 0 fully saturated rings. The van der Waals surface area contributed by atoms with Gasteiger partial charge in [-0.3, -0.25) is 0 Å². The third-order valence-corrected chi connectivity index (χ3v) is 1.52. The van der Waals surface area contributed by atoms with E-state index in [1.54, 1.807) is 13.8 Å². The van der Waals surface area contributed by atoms with Crippen molar-refractivity contribution in [2.24, 2.45) is 5.92 Å². The summed E-state index contributed by atoms with van der Waals surface area (Å²) in [7, 11) is 0. The normalized spacial score (nSPS) is 16.5. The zero-order valence-corrected chi connectivity index (χ0v) is 6.69. The molecule has 0 saturated carbocycles. The van der Waals surface area contributed by atoms with Crippen molar-refractivity contribution in [2.45, 2.75) is 32.5 Å². The van der Waals surface area contributed by atoms with Gasteiger partial charge in [0.05, 0.1) is 6.10 Å².